The molecular formula is C25H31F3N8O4S. The van der Waals surface area contributed by atoms with Gasteiger partial charge in [-0.25, -0.2) is 18.2 Å². The van der Waals surface area contributed by atoms with E-state index in [1.54, 1.807) is 4.52 Å². The molecule has 2 heterocycles. The molecule has 4 rings (SSSR count). The number of carboxylic acids is 1. The first-order chi connectivity index (χ1) is 18.9. The molecule has 1 saturated carbocycles. The maximum atomic E-state index is 12.1. The second-order valence-corrected chi connectivity index (χ2v) is 12.7. The molecule has 222 valence electrons. The number of halogens is 3. The fraction of sp³-hybridized carbons (Fsp3) is 0.440. The van der Waals surface area contributed by atoms with Gasteiger partial charge < -0.3 is 26.4 Å². The van der Waals surface area contributed by atoms with Gasteiger partial charge in [-0.05, 0) is 50.5 Å². The summed E-state index contributed by atoms with van der Waals surface area (Å²) >= 11 is 0. The molecule has 3 aromatic rings. The fourth-order valence-electron chi connectivity index (χ4n) is 3.92. The Balaban J connectivity index is 0.000000587. The third kappa shape index (κ3) is 9.22. The molecule has 1 aliphatic carbocycles. The zero-order valence-corrected chi connectivity index (χ0v) is 23.6. The van der Waals surface area contributed by atoms with Gasteiger partial charge in [-0.1, -0.05) is 0 Å². The van der Waals surface area contributed by atoms with Gasteiger partial charge >= 0.3 is 12.1 Å². The average molecular weight is 597 g/mol. The van der Waals surface area contributed by atoms with Crippen molar-refractivity contribution >= 4 is 44.5 Å². The number of anilines is 4. The summed E-state index contributed by atoms with van der Waals surface area (Å²) in [6.07, 6.45) is -0.194. The lowest BCUT2D eigenvalue weighted by Crippen LogP contribution is -2.44. The van der Waals surface area contributed by atoms with Crippen molar-refractivity contribution in [3.8, 4) is 6.07 Å². The van der Waals surface area contributed by atoms with E-state index in [9.17, 15) is 26.9 Å². The van der Waals surface area contributed by atoms with E-state index in [0.717, 1.165) is 24.3 Å². The Morgan fingerprint density at radius 3 is 2.44 bits per heavy atom. The highest BCUT2D eigenvalue weighted by molar-refractivity contribution is 7.89. The molecule has 12 nitrogen and oxygen atoms in total. The number of nitrogens with two attached hydrogens (primary N) is 1. The zero-order valence-electron chi connectivity index (χ0n) is 22.8. The number of nitrogens with zero attached hydrogens (tertiary/aromatic N) is 5. The van der Waals surface area contributed by atoms with Crippen LogP contribution in [0.3, 0.4) is 0 Å². The molecule has 1 aromatic carbocycles. The van der Waals surface area contributed by atoms with E-state index in [-0.39, 0.29) is 5.75 Å². The first-order valence-corrected chi connectivity index (χ1v) is 14.4. The summed E-state index contributed by atoms with van der Waals surface area (Å²) in [6, 6.07) is 9.93. The van der Waals surface area contributed by atoms with Crippen LogP contribution < -0.4 is 21.3 Å². The van der Waals surface area contributed by atoms with Crippen molar-refractivity contribution in [2.75, 3.05) is 35.4 Å². The van der Waals surface area contributed by atoms with Crippen LogP contribution in [0, 0.1) is 11.3 Å². The van der Waals surface area contributed by atoms with Gasteiger partial charge in [0.1, 0.15) is 23.3 Å². The van der Waals surface area contributed by atoms with Crippen LogP contribution in [0.1, 0.15) is 37.8 Å². The van der Waals surface area contributed by atoms with Crippen molar-refractivity contribution in [3.05, 3.63) is 41.6 Å². The number of rotatable bonds is 9. The summed E-state index contributed by atoms with van der Waals surface area (Å²) in [6.45, 7) is 4.41. The Morgan fingerprint density at radius 2 is 1.93 bits per heavy atom. The number of benzene rings is 1. The Kier molecular flexibility index (Phi) is 9.04. The largest absolute Gasteiger partial charge is 0.490 e. The van der Waals surface area contributed by atoms with Crippen molar-refractivity contribution in [1.82, 2.24) is 14.6 Å². The van der Waals surface area contributed by atoms with Crippen molar-refractivity contribution < 1.29 is 31.5 Å². The number of likely N-dealkylation sites (N-methyl/N-ethyl adjacent to an activating group) is 1. The highest BCUT2D eigenvalue weighted by Crippen LogP contribution is 2.30. The highest BCUT2D eigenvalue weighted by atomic mass is 32.2. The summed E-state index contributed by atoms with van der Waals surface area (Å²) in [7, 11) is -1.37. The van der Waals surface area contributed by atoms with Crippen LogP contribution >= 0.6 is 0 Å². The van der Waals surface area contributed by atoms with Crippen molar-refractivity contribution in [2.24, 2.45) is 5.73 Å². The molecule has 0 saturated heterocycles. The second kappa shape index (κ2) is 11.8. The molecule has 41 heavy (non-hydrogen) atoms. The smallest absolute Gasteiger partial charge is 0.475 e. The van der Waals surface area contributed by atoms with Gasteiger partial charge in [-0.3, -0.25) is 0 Å². The molecule has 0 radical (unpaired) electrons. The molecule has 16 heteroatoms. The van der Waals surface area contributed by atoms with Crippen LogP contribution in [0.15, 0.2) is 30.5 Å². The van der Waals surface area contributed by atoms with E-state index in [0.29, 0.717) is 40.9 Å². The first kappa shape index (κ1) is 31.4. The second-order valence-electron chi connectivity index (χ2n) is 10.5. The van der Waals surface area contributed by atoms with Gasteiger partial charge in [0.25, 0.3) is 0 Å². The van der Waals surface area contributed by atoms with E-state index in [4.69, 9.17) is 15.6 Å². The Labute approximate surface area is 234 Å². The lowest BCUT2D eigenvalue weighted by atomic mass is 10.1. The number of fused-ring (bicyclic) bond motifs is 1. The van der Waals surface area contributed by atoms with Gasteiger partial charge in [0.2, 0.25) is 0 Å². The summed E-state index contributed by atoms with van der Waals surface area (Å²) in [4.78, 5) is 15.4. The van der Waals surface area contributed by atoms with E-state index >= 15 is 0 Å². The quantitative estimate of drug-likeness (QED) is 0.285. The predicted molar refractivity (Wildman–Crippen MR) is 148 cm³/mol. The number of carbonyl (C=O) groups is 1. The zero-order chi connectivity index (χ0) is 30.8. The predicted octanol–water partition coefficient (Wildman–Crippen LogP) is 3.27. The molecule has 2 aromatic heterocycles. The number of nitrogens with one attached hydrogen (secondary N) is 2. The van der Waals surface area contributed by atoms with E-state index in [1.807, 2.05) is 50.1 Å². The van der Waals surface area contributed by atoms with Crippen LogP contribution in [0.25, 0.3) is 5.65 Å². The molecular weight excluding hydrogens is 565 g/mol. The van der Waals surface area contributed by atoms with Crippen molar-refractivity contribution in [1.29, 1.82) is 5.26 Å². The summed E-state index contributed by atoms with van der Waals surface area (Å²) in [5.74, 6) is -1.58. The number of sulfone groups is 1. The first-order valence-electron chi connectivity index (χ1n) is 12.3. The number of hydrogen-bond acceptors (Lipinski definition) is 10. The van der Waals surface area contributed by atoms with Crippen LogP contribution in [-0.2, 0) is 20.4 Å². The van der Waals surface area contributed by atoms with Gasteiger partial charge in [0, 0.05) is 48.9 Å². The van der Waals surface area contributed by atoms with Crippen molar-refractivity contribution in [3.63, 3.8) is 0 Å². The van der Waals surface area contributed by atoms with Gasteiger partial charge in [-0.2, -0.15) is 28.0 Å². The van der Waals surface area contributed by atoms with Gasteiger partial charge in [-0.15, -0.1) is 0 Å². The standard InChI is InChI=1S/C23H30N8O2S.C2HF3O2/c1-23(2,25)14-30(3)19-8-7-18(9-15(19)13-34(4,32)33)27-20-10-21(28-17-5-6-17)31-22(29-20)16(11-24)12-26-31;3-2(4,5)1(6)7/h7-10,12,17,28H,5-6,13-14,25H2,1-4H3,(H,27,29);(H,6,7). The normalized spacial score (nSPS) is 13.6. The Bertz CT molecular complexity index is 1570. The third-order valence-corrected chi connectivity index (χ3v) is 6.43. The molecule has 0 bridgehead atoms. The van der Waals surface area contributed by atoms with Crippen LogP contribution in [0.4, 0.5) is 36.2 Å². The number of aromatic nitrogens is 3. The third-order valence-electron chi connectivity index (χ3n) is 5.59. The molecule has 0 amide bonds. The summed E-state index contributed by atoms with van der Waals surface area (Å²) in [5, 5.41) is 27.6. The lowest BCUT2D eigenvalue weighted by Gasteiger charge is -2.30. The number of hydrogen-bond donors (Lipinski definition) is 4. The van der Waals surface area contributed by atoms with Crippen molar-refractivity contribution in [2.45, 2.75) is 50.2 Å². The van der Waals surface area contributed by atoms with Crippen LogP contribution in [0.2, 0.25) is 0 Å². The minimum absolute atomic E-state index is 0.102. The monoisotopic (exact) mass is 596 g/mol. The Morgan fingerprint density at radius 1 is 1.29 bits per heavy atom. The molecule has 0 aliphatic heterocycles. The molecule has 0 spiro atoms. The van der Waals surface area contributed by atoms with Gasteiger partial charge in [0.05, 0.1) is 11.9 Å². The van der Waals surface area contributed by atoms with E-state index in [1.165, 1.54) is 12.5 Å². The maximum Gasteiger partial charge on any atom is 0.490 e. The van der Waals surface area contributed by atoms with E-state index < -0.39 is 27.5 Å². The van der Waals surface area contributed by atoms with Gasteiger partial charge in [0.15, 0.2) is 15.5 Å². The topological polar surface area (TPSA) is 179 Å². The molecule has 1 aliphatic rings. The maximum absolute atomic E-state index is 12.1. The molecule has 0 unspecified atom stereocenters. The SMILES string of the molecule is CN(CC(C)(C)N)c1ccc(Nc2cc(NC3CC3)n3ncc(C#N)c3n2)cc1CS(C)(=O)=O.O=C(O)C(F)(F)F. The highest BCUT2D eigenvalue weighted by Gasteiger charge is 2.38. The summed E-state index contributed by atoms with van der Waals surface area (Å²) in [5.41, 5.74) is 8.72. The van der Waals surface area contributed by atoms with Crippen LogP contribution in [0.5, 0.6) is 0 Å². The summed E-state index contributed by atoms with van der Waals surface area (Å²) < 4.78 is 57.7. The van der Waals surface area contributed by atoms with E-state index in [2.05, 4.69) is 26.8 Å². The number of aliphatic carboxylic acids is 1. The molecule has 0 atom stereocenters. The average Bonchev–Trinajstić information content (AvgIpc) is 3.53. The fourth-order valence-corrected chi connectivity index (χ4v) is 4.72. The number of carboxylic acid groups (broad SMARTS) is 1. The molecule has 5 N–H and O–H groups in total. The minimum Gasteiger partial charge on any atom is -0.475 e. The number of alkyl halides is 3. The molecule has 1 fully saturated rings. The minimum atomic E-state index is -5.08. The lowest BCUT2D eigenvalue weighted by molar-refractivity contribution is -0.192. The number of nitriles is 1. The Hall–Kier alpha value is -4.10. The van der Waals surface area contributed by atoms with Crippen LogP contribution in [-0.4, -0.2) is 71.7 Å².